The number of benzene rings is 1. The van der Waals surface area contributed by atoms with Gasteiger partial charge in [-0.1, -0.05) is 19.9 Å². The van der Waals surface area contributed by atoms with E-state index in [1.165, 1.54) is 51.7 Å². The molecule has 0 saturated carbocycles. The number of hydrogen-bond donors (Lipinski definition) is 1. The van der Waals surface area contributed by atoms with Gasteiger partial charge in [-0.3, -0.25) is 14.9 Å². The molecule has 33 heavy (non-hydrogen) atoms. The van der Waals surface area contributed by atoms with Crippen molar-refractivity contribution in [3.63, 3.8) is 0 Å². The third-order valence-electron chi connectivity index (χ3n) is 7.02. The van der Waals surface area contributed by atoms with Gasteiger partial charge in [-0.2, -0.15) is 0 Å². The molecule has 1 saturated heterocycles. The van der Waals surface area contributed by atoms with Gasteiger partial charge in [0.1, 0.15) is 0 Å². The standard InChI is InChI=1S/C29H34N4/c1-19(2)28-26-17-24(23-9-13-33(14-10-23)18-22-7-11-30-12-8-22)5-6-27(26)32-29(28)25-15-20(3)31-21(4)16-25/h5-8,11-12,15-17,19,23,32H,9-10,13-14,18H2,1-4H3. The summed E-state index contributed by atoms with van der Waals surface area (Å²) in [5, 5.41) is 1.38. The molecule has 4 aromatic rings. The second kappa shape index (κ2) is 9.11. The summed E-state index contributed by atoms with van der Waals surface area (Å²) in [5.41, 5.74) is 10.1. The van der Waals surface area contributed by atoms with Gasteiger partial charge in [-0.05, 0) is 105 Å². The molecule has 0 atom stereocenters. The molecular weight excluding hydrogens is 404 g/mol. The minimum absolute atomic E-state index is 0.444. The van der Waals surface area contributed by atoms with E-state index < -0.39 is 0 Å². The second-order valence-electron chi connectivity index (χ2n) is 9.92. The Bertz CT molecular complexity index is 1230. The number of pyridine rings is 2. The fraction of sp³-hybridized carbons (Fsp3) is 0.379. The highest BCUT2D eigenvalue weighted by Crippen LogP contribution is 2.38. The Balaban J connectivity index is 1.41. The number of piperidine rings is 1. The van der Waals surface area contributed by atoms with Crippen LogP contribution in [0.1, 0.15) is 66.6 Å². The van der Waals surface area contributed by atoms with Crippen molar-refractivity contribution in [3.8, 4) is 11.3 Å². The number of rotatable bonds is 5. The van der Waals surface area contributed by atoms with Crippen LogP contribution in [0, 0.1) is 13.8 Å². The molecule has 0 unspecified atom stereocenters. The molecule has 0 aliphatic carbocycles. The zero-order valence-electron chi connectivity index (χ0n) is 20.2. The first-order valence-electron chi connectivity index (χ1n) is 12.2. The molecule has 0 spiro atoms. The van der Waals surface area contributed by atoms with Crippen molar-refractivity contribution in [1.82, 2.24) is 19.9 Å². The summed E-state index contributed by atoms with van der Waals surface area (Å²) in [5.74, 6) is 1.08. The molecule has 1 aromatic carbocycles. The topological polar surface area (TPSA) is 44.8 Å². The lowest BCUT2D eigenvalue weighted by molar-refractivity contribution is 0.204. The maximum atomic E-state index is 4.57. The van der Waals surface area contributed by atoms with Crippen LogP contribution in [0.25, 0.3) is 22.2 Å². The summed E-state index contributed by atoms with van der Waals surface area (Å²) < 4.78 is 0. The molecule has 4 nitrogen and oxygen atoms in total. The van der Waals surface area contributed by atoms with Crippen LogP contribution < -0.4 is 0 Å². The summed E-state index contributed by atoms with van der Waals surface area (Å²) in [4.78, 5) is 15.0. The third-order valence-corrected chi connectivity index (χ3v) is 7.02. The largest absolute Gasteiger partial charge is 0.354 e. The van der Waals surface area contributed by atoms with Crippen LogP contribution in [0.3, 0.4) is 0 Å². The molecule has 0 amide bonds. The summed E-state index contributed by atoms with van der Waals surface area (Å²) in [6.07, 6.45) is 6.22. The molecule has 4 heteroatoms. The summed E-state index contributed by atoms with van der Waals surface area (Å²) in [6, 6.07) is 15.8. The van der Waals surface area contributed by atoms with Crippen molar-refractivity contribution in [2.45, 2.75) is 58.9 Å². The number of fused-ring (bicyclic) bond motifs is 1. The predicted octanol–water partition coefficient (Wildman–Crippen LogP) is 6.74. The lowest BCUT2D eigenvalue weighted by Gasteiger charge is -2.32. The molecule has 1 aliphatic rings. The molecule has 1 fully saturated rings. The van der Waals surface area contributed by atoms with E-state index in [1.54, 1.807) is 0 Å². The SMILES string of the molecule is Cc1cc(-c2[nH]c3ccc(C4CCN(Cc5ccncc5)CC4)cc3c2C(C)C)cc(C)n1. The van der Waals surface area contributed by atoms with E-state index >= 15 is 0 Å². The zero-order chi connectivity index (χ0) is 22.9. The minimum atomic E-state index is 0.444. The number of aromatic amines is 1. The van der Waals surface area contributed by atoms with E-state index in [0.717, 1.165) is 31.0 Å². The molecule has 3 aromatic heterocycles. The van der Waals surface area contributed by atoms with E-state index in [1.807, 2.05) is 12.4 Å². The monoisotopic (exact) mass is 438 g/mol. The van der Waals surface area contributed by atoms with Gasteiger partial charge in [-0.25, -0.2) is 0 Å². The number of nitrogens with zero attached hydrogens (tertiary/aromatic N) is 3. The van der Waals surface area contributed by atoms with E-state index in [-0.39, 0.29) is 0 Å². The van der Waals surface area contributed by atoms with Crippen molar-refractivity contribution in [2.24, 2.45) is 0 Å². The quantitative estimate of drug-likeness (QED) is 0.375. The molecule has 1 N–H and O–H groups in total. The number of nitrogens with one attached hydrogen (secondary N) is 1. The maximum absolute atomic E-state index is 4.57. The van der Waals surface area contributed by atoms with E-state index in [0.29, 0.717) is 11.8 Å². The Labute approximate surface area is 197 Å². The Morgan fingerprint density at radius 1 is 0.970 bits per heavy atom. The second-order valence-corrected chi connectivity index (χ2v) is 9.92. The first kappa shape index (κ1) is 21.8. The number of aryl methyl sites for hydroxylation is 2. The van der Waals surface area contributed by atoms with E-state index in [4.69, 9.17) is 0 Å². The zero-order valence-corrected chi connectivity index (χ0v) is 20.2. The van der Waals surface area contributed by atoms with Gasteiger partial charge in [0.25, 0.3) is 0 Å². The first-order chi connectivity index (χ1) is 16.0. The molecule has 0 radical (unpaired) electrons. The predicted molar refractivity (Wildman–Crippen MR) is 137 cm³/mol. The number of aromatic nitrogens is 3. The Morgan fingerprint density at radius 3 is 2.33 bits per heavy atom. The fourth-order valence-corrected chi connectivity index (χ4v) is 5.46. The van der Waals surface area contributed by atoms with Crippen molar-refractivity contribution >= 4 is 10.9 Å². The van der Waals surface area contributed by atoms with Gasteiger partial charge in [0, 0.05) is 46.8 Å². The van der Waals surface area contributed by atoms with E-state index in [9.17, 15) is 0 Å². The Hall–Kier alpha value is -2.98. The van der Waals surface area contributed by atoms with Gasteiger partial charge < -0.3 is 4.98 Å². The normalized spacial score (nSPS) is 15.5. The lowest BCUT2D eigenvalue weighted by Crippen LogP contribution is -2.32. The highest BCUT2D eigenvalue weighted by molar-refractivity contribution is 5.92. The molecular formula is C29H34N4. The first-order valence-corrected chi connectivity index (χ1v) is 12.2. The number of hydrogen-bond acceptors (Lipinski definition) is 3. The highest BCUT2D eigenvalue weighted by Gasteiger charge is 2.23. The molecule has 5 rings (SSSR count). The van der Waals surface area contributed by atoms with Crippen molar-refractivity contribution in [3.05, 3.63) is 82.9 Å². The van der Waals surface area contributed by atoms with Crippen LogP contribution in [-0.4, -0.2) is 32.9 Å². The molecule has 0 bridgehead atoms. The summed E-state index contributed by atoms with van der Waals surface area (Å²) in [6.45, 7) is 12.1. The van der Waals surface area contributed by atoms with Crippen molar-refractivity contribution < 1.29 is 0 Å². The van der Waals surface area contributed by atoms with Crippen LogP contribution in [0.2, 0.25) is 0 Å². The maximum Gasteiger partial charge on any atom is 0.0501 e. The van der Waals surface area contributed by atoms with Crippen LogP contribution in [0.15, 0.2) is 54.9 Å². The van der Waals surface area contributed by atoms with Crippen LogP contribution in [0.5, 0.6) is 0 Å². The number of H-pyrrole nitrogens is 1. The summed E-state index contributed by atoms with van der Waals surface area (Å²) >= 11 is 0. The molecule has 170 valence electrons. The Morgan fingerprint density at radius 2 is 1.67 bits per heavy atom. The average Bonchev–Trinajstić information content (AvgIpc) is 3.19. The van der Waals surface area contributed by atoms with Crippen LogP contribution in [-0.2, 0) is 6.54 Å². The van der Waals surface area contributed by atoms with Gasteiger partial charge in [0.15, 0.2) is 0 Å². The van der Waals surface area contributed by atoms with Gasteiger partial charge >= 0.3 is 0 Å². The van der Waals surface area contributed by atoms with Crippen LogP contribution in [0.4, 0.5) is 0 Å². The van der Waals surface area contributed by atoms with Gasteiger partial charge in [0.05, 0.1) is 5.69 Å². The van der Waals surface area contributed by atoms with Crippen molar-refractivity contribution in [1.29, 1.82) is 0 Å². The average molecular weight is 439 g/mol. The van der Waals surface area contributed by atoms with E-state index in [2.05, 4.69) is 90.0 Å². The van der Waals surface area contributed by atoms with Crippen LogP contribution >= 0.6 is 0 Å². The van der Waals surface area contributed by atoms with Gasteiger partial charge in [-0.15, -0.1) is 0 Å². The fourth-order valence-electron chi connectivity index (χ4n) is 5.46. The summed E-state index contributed by atoms with van der Waals surface area (Å²) in [7, 11) is 0. The lowest BCUT2D eigenvalue weighted by atomic mass is 9.87. The molecule has 4 heterocycles. The minimum Gasteiger partial charge on any atom is -0.354 e. The smallest absolute Gasteiger partial charge is 0.0501 e. The highest BCUT2D eigenvalue weighted by atomic mass is 15.1. The van der Waals surface area contributed by atoms with Gasteiger partial charge in [0.2, 0.25) is 0 Å². The van der Waals surface area contributed by atoms with Crippen molar-refractivity contribution in [2.75, 3.05) is 13.1 Å². The number of likely N-dealkylation sites (tertiary alicyclic amines) is 1. The third kappa shape index (κ3) is 4.58. The molecule has 1 aliphatic heterocycles. The Kier molecular flexibility index (Phi) is 6.03.